The number of nitrogens with two attached hydrogens (primary N) is 1. The molecule has 0 saturated carbocycles. The molecule has 0 aromatic carbocycles. The Morgan fingerprint density at radius 1 is 1.09 bits per heavy atom. The second-order valence-corrected chi connectivity index (χ2v) is 1.91. The zero-order chi connectivity index (χ0) is 8.69. The van der Waals surface area contributed by atoms with Gasteiger partial charge in [-0.2, -0.15) is 0 Å². The van der Waals surface area contributed by atoms with Crippen molar-refractivity contribution in [2.45, 2.75) is 0 Å². The zero-order valence-corrected chi connectivity index (χ0v) is 6.59. The van der Waals surface area contributed by atoms with Crippen LogP contribution in [0.5, 0.6) is 0 Å². The summed E-state index contributed by atoms with van der Waals surface area (Å²) in [5.74, 6) is 0. The molecule has 0 saturated heterocycles. The summed E-state index contributed by atoms with van der Waals surface area (Å²) in [6.07, 6.45) is 8.51. The first-order valence-corrected chi connectivity index (χ1v) is 3.30. The molecule has 58 valence electrons. The molecule has 0 unspecified atom stereocenters. The molecule has 0 aliphatic carbocycles. The van der Waals surface area contributed by atoms with Crippen LogP contribution in [0, 0.1) is 0 Å². The fourth-order valence-corrected chi connectivity index (χ4v) is 0.587. The molecule has 0 aliphatic rings. The van der Waals surface area contributed by atoms with Crippen LogP contribution in [0.2, 0.25) is 0 Å². The maximum atomic E-state index is 5.63. The second-order valence-electron chi connectivity index (χ2n) is 1.91. The van der Waals surface area contributed by atoms with Gasteiger partial charge in [0.1, 0.15) is 0 Å². The van der Waals surface area contributed by atoms with Gasteiger partial charge in [0.05, 0.1) is 0 Å². The SMILES string of the molecule is C=C/C=C\C(N)=C(C=C)C=C. The van der Waals surface area contributed by atoms with E-state index in [1.54, 1.807) is 30.4 Å². The minimum atomic E-state index is 0.648. The largest absolute Gasteiger partial charge is 0.398 e. The summed E-state index contributed by atoms with van der Waals surface area (Å²) < 4.78 is 0. The van der Waals surface area contributed by atoms with E-state index in [9.17, 15) is 0 Å². The van der Waals surface area contributed by atoms with Crippen LogP contribution in [0.25, 0.3) is 0 Å². The van der Waals surface area contributed by atoms with Crippen molar-refractivity contribution in [2.24, 2.45) is 5.73 Å². The highest BCUT2D eigenvalue weighted by Gasteiger charge is 1.87. The average Bonchev–Trinajstić information content (AvgIpc) is 2.03. The Bertz CT molecular complexity index is 209. The molecule has 0 fully saturated rings. The molecule has 1 heteroatoms. The fourth-order valence-electron chi connectivity index (χ4n) is 0.587. The normalized spacial score (nSPS) is 9.09. The Morgan fingerprint density at radius 2 is 1.64 bits per heavy atom. The third-order valence-electron chi connectivity index (χ3n) is 1.19. The van der Waals surface area contributed by atoms with Gasteiger partial charge in [-0.15, -0.1) is 0 Å². The smallest absolute Gasteiger partial charge is 0.0387 e. The summed E-state index contributed by atoms with van der Waals surface area (Å²) in [4.78, 5) is 0. The molecule has 1 nitrogen and oxygen atoms in total. The van der Waals surface area contributed by atoms with Gasteiger partial charge in [0.15, 0.2) is 0 Å². The van der Waals surface area contributed by atoms with E-state index in [4.69, 9.17) is 5.73 Å². The van der Waals surface area contributed by atoms with Gasteiger partial charge in [-0.3, -0.25) is 0 Å². The molecular formula is C10H13N. The van der Waals surface area contributed by atoms with Gasteiger partial charge >= 0.3 is 0 Å². The van der Waals surface area contributed by atoms with E-state index >= 15 is 0 Å². The van der Waals surface area contributed by atoms with Crippen LogP contribution >= 0.6 is 0 Å². The molecule has 0 aromatic heterocycles. The van der Waals surface area contributed by atoms with Crippen molar-refractivity contribution in [3.05, 3.63) is 61.4 Å². The van der Waals surface area contributed by atoms with E-state index in [1.165, 1.54) is 0 Å². The molecule has 0 amide bonds. The second kappa shape index (κ2) is 5.30. The van der Waals surface area contributed by atoms with Crippen LogP contribution in [-0.4, -0.2) is 0 Å². The quantitative estimate of drug-likeness (QED) is 0.607. The first kappa shape index (κ1) is 9.50. The van der Waals surface area contributed by atoms with E-state index < -0.39 is 0 Å². The molecule has 0 atom stereocenters. The minimum absolute atomic E-state index is 0.648. The lowest BCUT2D eigenvalue weighted by Crippen LogP contribution is -1.95. The number of rotatable bonds is 4. The predicted molar refractivity (Wildman–Crippen MR) is 50.9 cm³/mol. The summed E-state index contributed by atoms with van der Waals surface area (Å²) >= 11 is 0. The van der Waals surface area contributed by atoms with Gasteiger partial charge in [-0.25, -0.2) is 0 Å². The molecule has 2 N–H and O–H groups in total. The number of hydrogen-bond acceptors (Lipinski definition) is 1. The molecule has 11 heavy (non-hydrogen) atoms. The van der Waals surface area contributed by atoms with E-state index in [0.29, 0.717) is 5.70 Å². The van der Waals surface area contributed by atoms with Crippen LogP contribution < -0.4 is 5.73 Å². The maximum absolute atomic E-state index is 5.63. The highest BCUT2D eigenvalue weighted by molar-refractivity contribution is 5.37. The van der Waals surface area contributed by atoms with Gasteiger partial charge in [0.2, 0.25) is 0 Å². The van der Waals surface area contributed by atoms with Gasteiger partial charge in [0.25, 0.3) is 0 Å². The minimum Gasteiger partial charge on any atom is -0.398 e. The standard InChI is InChI=1S/C10H13N/c1-4-7-8-10(11)9(5-2)6-3/h4-8H,1-3,11H2/b8-7-. The van der Waals surface area contributed by atoms with E-state index in [1.807, 2.05) is 0 Å². The fraction of sp³-hybridized carbons (Fsp3) is 0. The monoisotopic (exact) mass is 147 g/mol. The number of allylic oxidation sites excluding steroid dienone is 6. The van der Waals surface area contributed by atoms with Gasteiger partial charge in [0, 0.05) is 5.70 Å². The lowest BCUT2D eigenvalue weighted by molar-refractivity contribution is 1.38. The molecule has 0 aliphatic heterocycles. The van der Waals surface area contributed by atoms with Crippen molar-refractivity contribution in [1.82, 2.24) is 0 Å². The first-order valence-electron chi connectivity index (χ1n) is 3.30. The topological polar surface area (TPSA) is 26.0 Å². The number of hydrogen-bond donors (Lipinski definition) is 1. The van der Waals surface area contributed by atoms with Gasteiger partial charge in [-0.1, -0.05) is 44.0 Å². The van der Waals surface area contributed by atoms with Gasteiger partial charge < -0.3 is 5.73 Å². The van der Waals surface area contributed by atoms with Crippen LogP contribution in [0.1, 0.15) is 0 Å². The Labute approximate surface area is 67.9 Å². The highest BCUT2D eigenvalue weighted by Crippen LogP contribution is 2.02. The Balaban J connectivity index is 4.60. The van der Waals surface area contributed by atoms with E-state index in [-0.39, 0.29) is 0 Å². The summed E-state index contributed by atoms with van der Waals surface area (Å²) in [5, 5.41) is 0. The summed E-state index contributed by atoms with van der Waals surface area (Å²) in [6.45, 7) is 10.7. The van der Waals surface area contributed by atoms with Crippen molar-refractivity contribution in [1.29, 1.82) is 0 Å². The summed E-state index contributed by atoms with van der Waals surface area (Å²) in [5.41, 5.74) is 7.11. The molecule has 0 spiro atoms. The molecule has 0 heterocycles. The Hall–Kier alpha value is -1.50. The molecule has 0 rings (SSSR count). The zero-order valence-electron chi connectivity index (χ0n) is 6.59. The van der Waals surface area contributed by atoms with Crippen LogP contribution in [0.15, 0.2) is 61.4 Å². The highest BCUT2D eigenvalue weighted by atomic mass is 14.6. The Kier molecular flexibility index (Phi) is 4.58. The van der Waals surface area contributed by atoms with Crippen LogP contribution in [0.3, 0.4) is 0 Å². The molecule has 0 aromatic rings. The third-order valence-corrected chi connectivity index (χ3v) is 1.19. The molecule has 0 radical (unpaired) electrons. The van der Waals surface area contributed by atoms with Crippen molar-refractivity contribution in [3.8, 4) is 0 Å². The lowest BCUT2D eigenvalue weighted by atomic mass is 10.2. The predicted octanol–water partition coefficient (Wildman–Crippen LogP) is 2.31. The average molecular weight is 147 g/mol. The third kappa shape index (κ3) is 3.26. The van der Waals surface area contributed by atoms with E-state index in [0.717, 1.165) is 5.57 Å². The maximum Gasteiger partial charge on any atom is 0.0387 e. The summed E-state index contributed by atoms with van der Waals surface area (Å²) in [7, 11) is 0. The molecule has 0 bridgehead atoms. The van der Waals surface area contributed by atoms with Crippen molar-refractivity contribution in [2.75, 3.05) is 0 Å². The van der Waals surface area contributed by atoms with Crippen molar-refractivity contribution < 1.29 is 0 Å². The molecular weight excluding hydrogens is 134 g/mol. The first-order chi connectivity index (χ1) is 5.26. The van der Waals surface area contributed by atoms with Crippen LogP contribution in [0.4, 0.5) is 0 Å². The van der Waals surface area contributed by atoms with Crippen LogP contribution in [-0.2, 0) is 0 Å². The van der Waals surface area contributed by atoms with E-state index in [2.05, 4.69) is 19.7 Å². The lowest BCUT2D eigenvalue weighted by Gasteiger charge is -1.95. The Morgan fingerprint density at radius 3 is 2.00 bits per heavy atom. The van der Waals surface area contributed by atoms with Crippen molar-refractivity contribution in [3.63, 3.8) is 0 Å². The van der Waals surface area contributed by atoms with Gasteiger partial charge in [-0.05, 0) is 11.6 Å². The van der Waals surface area contributed by atoms with Crippen molar-refractivity contribution >= 4 is 0 Å². The summed E-state index contributed by atoms with van der Waals surface area (Å²) in [6, 6.07) is 0.